The maximum absolute atomic E-state index is 11.7. The normalized spacial score (nSPS) is 11.6. The molecule has 0 radical (unpaired) electrons. The van der Waals surface area contributed by atoms with Crippen LogP contribution in [0.25, 0.3) is 0 Å². The highest BCUT2D eigenvalue weighted by molar-refractivity contribution is 5.83. The Labute approximate surface area is 210 Å². The van der Waals surface area contributed by atoms with Crippen LogP contribution in [0.3, 0.4) is 0 Å². The second-order valence-electron chi connectivity index (χ2n) is 8.69. The van der Waals surface area contributed by atoms with E-state index in [1.807, 2.05) is 0 Å². The van der Waals surface area contributed by atoms with E-state index in [0.717, 1.165) is 19.3 Å². The average molecular weight is 507 g/mol. The Bertz CT molecular complexity index is 505. The van der Waals surface area contributed by atoms with Crippen LogP contribution in [0.4, 0.5) is 0 Å². The second kappa shape index (κ2) is 26.8. The molecule has 1 amide bonds. The first-order valence-corrected chi connectivity index (χ1v) is 13.1. The number of nitrogens with one attached hydrogen (secondary N) is 1. The Hall–Kier alpha value is -1.75. The van der Waals surface area contributed by atoms with Crippen molar-refractivity contribution in [3.63, 3.8) is 0 Å². The summed E-state index contributed by atoms with van der Waals surface area (Å²) in [6.45, 7) is 3.97. The number of carbonyl (C=O) groups is 3. The molecule has 0 aromatic carbocycles. The topological polar surface area (TPSA) is 168 Å². The van der Waals surface area contributed by atoms with Crippen molar-refractivity contribution in [2.45, 2.75) is 103 Å². The summed E-state index contributed by atoms with van der Waals surface area (Å²) in [4.78, 5) is 35.0. The van der Waals surface area contributed by atoms with E-state index in [1.54, 1.807) is 4.90 Å². The van der Waals surface area contributed by atoms with E-state index in [0.29, 0.717) is 26.1 Å². The lowest BCUT2D eigenvalue weighted by atomic mass is 10.0. The quantitative estimate of drug-likeness (QED) is 0.114. The fraction of sp³-hybridized carbons (Fsp3) is 0.880. The standard InChI is InChI=1S/C19H35NO5.C6H15NO3/c1-2-3-4-5-6-7-8-9-10-11-12-13-17(21)20-16(19(24)25)14-15-18(22)23;8-4-1-7(2-5-9)3-6-10/h16H,2-15H2,1H3,(H,20,21)(H,22,23)(H,24,25);8-10H,1-6H2. The minimum atomic E-state index is -1.19. The minimum Gasteiger partial charge on any atom is -0.481 e. The molecular formula is C25H50N2O8. The van der Waals surface area contributed by atoms with Gasteiger partial charge in [0.1, 0.15) is 6.04 Å². The molecule has 0 aliphatic rings. The molecule has 10 nitrogen and oxygen atoms in total. The van der Waals surface area contributed by atoms with Gasteiger partial charge in [0, 0.05) is 32.5 Å². The molecule has 0 spiro atoms. The zero-order valence-electron chi connectivity index (χ0n) is 21.6. The molecular weight excluding hydrogens is 456 g/mol. The number of hydrogen-bond donors (Lipinski definition) is 6. The predicted octanol–water partition coefficient (Wildman–Crippen LogP) is 2.39. The van der Waals surface area contributed by atoms with Gasteiger partial charge in [-0.05, 0) is 12.8 Å². The molecule has 0 saturated carbocycles. The van der Waals surface area contributed by atoms with Crippen molar-refractivity contribution in [1.29, 1.82) is 0 Å². The third kappa shape index (κ3) is 26.7. The van der Waals surface area contributed by atoms with E-state index in [4.69, 9.17) is 25.5 Å². The van der Waals surface area contributed by atoms with Crippen molar-refractivity contribution in [3.8, 4) is 0 Å². The van der Waals surface area contributed by atoms with E-state index in [1.165, 1.54) is 51.4 Å². The molecule has 0 heterocycles. The van der Waals surface area contributed by atoms with Crippen molar-refractivity contribution < 1.29 is 39.9 Å². The summed E-state index contributed by atoms with van der Waals surface area (Å²) in [5.74, 6) is -2.56. The molecule has 6 N–H and O–H groups in total. The van der Waals surface area contributed by atoms with Gasteiger partial charge in [0.2, 0.25) is 5.91 Å². The monoisotopic (exact) mass is 506 g/mol. The number of carboxylic acid groups (broad SMARTS) is 2. The van der Waals surface area contributed by atoms with Gasteiger partial charge in [0.15, 0.2) is 0 Å². The highest BCUT2D eigenvalue weighted by Crippen LogP contribution is 2.12. The lowest BCUT2D eigenvalue weighted by Crippen LogP contribution is -2.41. The average Bonchev–Trinajstić information content (AvgIpc) is 2.81. The Morgan fingerprint density at radius 2 is 1.11 bits per heavy atom. The number of carbonyl (C=O) groups excluding carboxylic acids is 1. The summed E-state index contributed by atoms with van der Waals surface area (Å²) in [5.41, 5.74) is 0. The zero-order valence-corrected chi connectivity index (χ0v) is 21.6. The predicted molar refractivity (Wildman–Crippen MR) is 135 cm³/mol. The number of unbranched alkanes of at least 4 members (excludes halogenated alkanes) is 10. The summed E-state index contributed by atoms with van der Waals surface area (Å²) < 4.78 is 0. The van der Waals surface area contributed by atoms with Crippen molar-refractivity contribution in [2.75, 3.05) is 39.5 Å². The van der Waals surface area contributed by atoms with Crippen molar-refractivity contribution >= 4 is 17.8 Å². The van der Waals surface area contributed by atoms with E-state index in [-0.39, 0.29) is 38.6 Å². The van der Waals surface area contributed by atoms with Gasteiger partial charge in [0.05, 0.1) is 19.8 Å². The first-order chi connectivity index (χ1) is 16.8. The van der Waals surface area contributed by atoms with Crippen LogP contribution in [0.5, 0.6) is 0 Å². The van der Waals surface area contributed by atoms with Crippen LogP contribution in [-0.2, 0) is 14.4 Å². The Balaban J connectivity index is 0. The Kier molecular flexibility index (Phi) is 27.2. The van der Waals surface area contributed by atoms with Gasteiger partial charge in [0.25, 0.3) is 0 Å². The molecule has 0 aromatic rings. The molecule has 35 heavy (non-hydrogen) atoms. The van der Waals surface area contributed by atoms with Crippen LogP contribution in [-0.4, -0.2) is 93.8 Å². The minimum absolute atomic E-state index is 0.0694. The molecule has 1 atom stereocenters. The largest absolute Gasteiger partial charge is 0.481 e. The number of carboxylic acids is 2. The molecule has 0 aliphatic carbocycles. The molecule has 0 rings (SSSR count). The summed E-state index contributed by atoms with van der Waals surface area (Å²) in [6, 6.07) is -1.11. The van der Waals surface area contributed by atoms with Gasteiger partial charge in [-0.15, -0.1) is 0 Å². The Morgan fingerprint density at radius 1 is 0.686 bits per heavy atom. The van der Waals surface area contributed by atoms with Gasteiger partial charge >= 0.3 is 11.9 Å². The fourth-order valence-electron chi connectivity index (χ4n) is 3.50. The second-order valence-corrected chi connectivity index (χ2v) is 8.69. The van der Waals surface area contributed by atoms with Crippen LogP contribution >= 0.6 is 0 Å². The number of amides is 1. The van der Waals surface area contributed by atoms with Crippen LogP contribution in [0, 0.1) is 0 Å². The number of rotatable bonds is 23. The highest BCUT2D eigenvalue weighted by atomic mass is 16.4. The summed E-state index contributed by atoms with van der Waals surface area (Å²) in [5, 5.41) is 45.4. The van der Waals surface area contributed by atoms with Crippen molar-refractivity contribution in [3.05, 3.63) is 0 Å². The first-order valence-electron chi connectivity index (χ1n) is 13.1. The van der Waals surface area contributed by atoms with Crippen molar-refractivity contribution in [1.82, 2.24) is 10.2 Å². The number of aliphatic hydroxyl groups is 3. The van der Waals surface area contributed by atoms with Gasteiger partial charge in [-0.25, -0.2) is 4.79 Å². The van der Waals surface area contributed by atoms with E-state index < -0.39 is 18.0 Å². The number of nitrogens with zero attached hydrogens (tertiary/aromatic N) is 1. The smallest absolute Gasteiger partial charge is 0.326 e. The molecule has 1 unspecified atom stereocenters. The molecule has 0 saturated heterocycles. The van der Waals surface area contributed by atoms with E-state index in [2.05, 4.69) is 12.2 Å². The SMILES string of the molecule is CCCCCCCCCCCCCC(=O)NC(CCC(=O)O)C(=O)O.OCCN(CCO)CCO. The highest BCUT2D eigenvalue weighted by Gasteiger charge is 2.20. The van der Waals surface area contributed by atoms with E-state index >= 15 is 0 Å². The van der Waals surface area contributed by atoms with Crippen LogP contribution in [0.2, 0.25) is 0 Å². The number of hydrogen-bond acceptors (Lipinski definition) is 7. The third-order valence-corrected chi connectivity index (χ3v) is 5.54. The summed E-state index contributed by atoms with van der Waals surface area (Å²) in [7, 11) is 0. The van der Waals surface area contributed by atoms with Crippen LogP contribution in [0.15, 0.2) is 0 Å². The molecule has 0 aliphatic heterocycles. The van der Waals surface area contributed by atoms with Gasteiger partial charge in [-0.3, -0.25) is 14.5 Å². The molecule has 208 valence electrons. The van der Waals surface area contributed by atoms with Gasteiger partial charge in [-0.2, -0.15) is 0 Å². The van der Waals surface area contributed by atoms with Crippen LogP contribution in [0.1, 0.15) is 96.8 Å². The Morgan fingerprint density at radius 3 is 1.49 bits per heavy atom. The lowest BCUT2D eigenvalue weighted by Gasteiger charge is -2.17. The summed E-state index contributed by atoms with van der Waals surface area (Å²) in [6.07, 6.45) is 13.1. The molecule has 10 heteroatoms. The number of aliphatic carboxylic acids is 2. The maximum Gasteiger partial charge on any atom is 0.326 e. The van der Waals surface area contributed by atoms with E-state index in [9.17, 15) is 14.4 Å². The number of aliphatic hydroxyl groups excluding tert-OH is 3. The zero-order chi connectivity index (χ0) is 26.7. The van der Waals surface area contributed by atoms with Crippen molar-refractivity contribution in [2.24, 2.45) is 0 Å². The lowest BCUT2D eigenvalue weighted by molar-refractivity contribution is -0.143. The third-order valence-electron chi connectivity index (χ3n) is 5.54. The molecule has 0 fully saturated rings. The van der Waals surface area contributed by atoms with Gasteiger partial charge in [-0.1, -0.05) is 71.1 Å². The fourth-order valence-corrected chi connectivity index (χ4v) is 3.50. The van der Waals surface area contributed by atoms with Gasteiger partial charge < -0.3 is 30.8 Å². The van der Waals surface area contributed by atoms with Crippen LogP contribution < -0.4 is 5.32 Å². The maximum atomic E-state index is 11.7. The molecule has 0 bridgehead atoms. The first kappa shape index (κ1) is 35.4. The molecule has 0 aromatic heterocycles. The summed E-state index contributed by atoms with van der Waals surface area (Å²) >= 11 is 0.